The number of aliphatic hydroxyl groups is 1. The Morgan fingerprint density at radius 3 is 2.64 bits per heavy atom. The van der Waals surface area contributed by atoms with Crippen molar-refractivity contribution in [3.8, 4) is 11.5 Å². The van der Waals surface area contributed by atoms with Crippen LogP contribution in [0.4, 0.5) is 0 Å². The number of ether oxygens (including phenoxy) is 1. The topological polar surface area (TPSA) is 103 Å². The largest absolute Gasteiger partial charge is 0.508 e. The van der Waals surface area contributed by atoms with E-state index in [1.54, 1.807) is 24.3 Å². The van der Waals surface area contributed by atoms with E-state index < -0.39 is 17.7 Å². The van der Waals surface area contributed by atoms with Gasteiger partial charge >= 0.3 is 0 Å². The Hall–Kier alpha value is -4.52. The Labute approximate surface area is 208 Å². The molecule has 7 heteroatoms. The summed E-state index contributed by atoms with van der Waals surface area (Å²) in [5.41, 5.74) is 3.69. The number of methoxy groups -OCH3 is 1. The SMILES string of the molecule is COc1ccc(C)cc1/C(O)=C1\C(=O)C(=O)N(CCc2c[nH]c3ccccc23)C1c1cccc(O)c1. The number of hydrogen-bond donors (Lipinski definition) is 3. The minimum Gasteiger partial charge on any atom is -0.508 e. The Bertz CT molecular complexity index is 1520. The highest BCUT2D eigenvalue weighted by molar-refractivity contribution is 6.46. The van der Waals surface area contributed by atoms with Crippen LogP contribution < -0.4 is 4.74 Å². The molecular formula is C29H26N2O5. The molecule has 4 aromatic rings. The number of benzene rings is 3. The average Bonchev–Trinajstić information content (AvgIpc) is 3.40. The average molecular weight is 483 g/mol. The zero-order valence-corrected chi connectivity index (χ0v) is 20.0. The van der Waals surface area contributed by atoms with E-state index in [-0.39, 0.29) is 23.6 Å². The number of nitrogens with zero attached hydrogens (tertiary/aromatic N) is 1. The van der Waals surface area contributed by atoms with Crippen molar-refractivity contribution in [1.29, 1.82) is 0 Å². The molecule has 0 aliphatic carbocycles. The zero-order chi connectivity index (χ0) is 25.4. The summed E-state index contributed by atoms with van der Waals surface area (Å²) in [7, 11) is 1.48. The van der Waals surface area contributed by atoms with Crippen LogP contribution in [0.2, 0.25) is 0 Å². The van der Waals surface area contributed by atoms with Gasteiger partial charge in [0.25, 0.3) is 11.7 Å². The third-order valence-electron chi connectivity index (χ3n) is 6.63. The van der Waals surface area contributed by atoms with E-state index in [1.807, 2.05) is 43.5 Å². The number of Topliss-reactive ketones (excluding diaryl/α,β-unsaturated/α-hetero) is 1. The number of carbonyl (C=O) groups is 2. The number of phenolic OH excluding ortho intramolecular Hbond substituents is 1. The Balaban J connectivity index is 1.61. The molecule has 2 heterocycles. The van der Waals surface area contributed by atoms with Crippen molar-refractivity contribution >= 4 is 28.4 Å². The molecule has 3 aromatic carbocycles. The van der Waals surface area contributed by atoms with Crippen molar-refractivity contribution < 1.29 is 24.5 Å². The summed E-state index contributed by atoms with van der Waals surface area (Å²) >= 11 is 0. The van der Waals surface area contributed by atoms with E-state index in [0.717, 1.165) is 22.0 Å². The number of H-pyrrole nitrogens is 1. The number of aryl methyl sites for hydroxylation is 1. The van der Waals surface area contributed by atoms with Crippen molar-refractivity contribution in [2.45, 2.75) is 19.4 Å². The number of aromatic amines is 1. The van der Waals surface area contributed by atoms with Crippen LogP contribution in [-0.2, 0) is 16.0 Å². The van der Waals surface area contributed by atoms with Crippen molar-refractivity contribution in [3.63, 3.8) is 0 Å². The molecule has 36 heavy (non-hydrogen) atoms. The highest BCUT2D eigenvalue weighted by atomic mass is 16.5. The lowest BCUT2D eigenvalue weighted by atomic mass is 9.94. The molecule has 0 spiro atoms. The number of aliphatic hydroxyl groups excluding tert-OH is 1. The molecule has 3 N–H and O–H groups in total. The van der Waals surface area contributed by atoms with Crippen molar-refractivity contribution in [1.82, 2.24) is 9.88 Å². The Kier molecular flexibility index (Phi) is 5.98. The van der Waals surface area contributed by atoms with Gasteiger partial charge in [-0.1, -0.05) is 42.0 Å². The van der Waals surface area contributed by atoms with Gasteiger partial charge in [0.1, 0.15) is 17.3 Å². The van der Waals surface area contributed by atoms with E-state index in [2.05, 4.69) is 4.98 Å². The van der Waals surface area contributed by atoms with Gasteiger partial charge in [-0.2, -0.15) is 0 Å². The molecule has 1 saturated heterocycles. The molecule has 1 atom stereocenters. The predicted molar refractivity (Wildman–Crippen MR) is 137 cm³/mol. The summed E-state index contributed by atoms with van der Waals surface area (Å²) < 4.78 is 5.42. The van der Waals surface area contributed by atoms with Crippen molar-refractivity contribution in [3.05, 3.63) is 101 Å². The zero-order valence-electron chi connectivity index (χ0n) is 20.0. The molecule has 1 unspecified atom stereocenters. The summed E-state index contributed by atoms with van der Waals surface area (Å²) in [6, 6.07) is 18.7. The van der Waals surface area contributed by atoms with Gasteiger partial charge in [-0.15, -0.1) is 0 Å². The first-order valence-electron chi connectivity index (χ1n) is 11.7. The molecule has 1 aliphatic heterocycles. The van der Waals surface area contributed by atoms with Crippen molar-refractivity contribution in [2.24, 2.45) is 0 Å². The van der Waals surface area contributed by atoms with Crippen LogP contribution in [0.1, 0.15) is 28.3 Å². The van der Waals surface area contributed by atoms with E-state index in [1.165, 1.54) is 24.1 Å². The number of rotatable bonds is 6. The lowest BCUT2D eigenvalue weighted by Gasteiger charge is -2.25. The normalized spacial score (nSPS) is 17.2. The summed E-state index contributed by atoms with van der Waals surface area (Å²) in [6.45, 7) is 2.11. The standard InChI is InChI=1S/C29H26N2O5/c1-17-10-11-24(36-2)22(14-17)27(33)25-26(18-6-5-7-20(32)15-18)31(29(35)28(25)34)13-12-19-16-30-23-9-4-3-8-21(19)23/h3-11,14-16,26,30,32-33H,12-13H2,1-2H3/b27-25+. The fourth-order valence-corrected chi connectivity index (χ4v) is 4.88. The van der Waals surface area contributed by atoms with Crippen LogP contribution in [0.15, 0.2) is 78.5 Å². The summed E-state index contributed by atoms with van der Waals surface area (Å²) in [5.74, 6) is -1.39. The molecule has 5 rings (SSSR count). The van der Waals surface area contributed by atoms with Gasteiger partial charge in [-0.25, -0.2) is 0 Å². The maximum absolute atomic E-state index is 13.3. The third kappa shape index (κ3) is 3.98. The number of phenols is 1. The Morgan fingerprint density at radius 1 is 1.06 bits per heavy atom. The number of para-hydroxylation sites is 1. The number of likely N-dealkylation sites (tertiary alicyclic amines) is 1. The lowest BCUT2D eigenvalue weighted by Crippen LogP contribution is -2.31. The molecular weight excluding hydrogens is 456 g/mol. The van der Waals surface area contributed by atoms with E-state index in [9.17, 15) is 19.8 Å². The summed E-state index contributed by atoms with van der Waals surface area (Å²) in [5, 5.41) is 22.6. The molecule has 182 valence electrons. The van der Waals surface area contributed by atoms with Crippen LogP contribution in [0.5, 0.6) is 11.5 Å². The molecule has 1 aromatic heterocycles. The minimum atomic E-state index is -0.868. The first-order chi connectivity index (χ1) is 17.4. The number of aromatic nitrogens is 1. The number of ketones is 1. The van der Waals surface area contributed by atoms with Crippen LogP contribution in [-0.4, -0.2) is 45.4 Å². The fourth-order valence-electron chi connectivity index (χ4n) is 4.88. The third-order valence-corrected chi connectivity index (χ3v) is 6.63. The maximum Gasteiger partial charge on any atom is 0.295 e. The van der Waals surface area contributed by atoms with Crippen LogP contribution in [0, 0.1) is 6.92 Å². The smallest absolute Gasteiger partial charge is 0.295 e. The molecule has 7 nitrogen and oxygen atoms in total. The molecule has 1 fully saturated rings. The molecule has 0 radical (unpaired) electrons. The summed E-state index contributed by atoms with van der Waals surface area (Å²) in [4.78, 5) is 31.3. The number of carbonyl (C=O) groups excluding carboxylic acids is 2. The number of hydrogen-bond acceptors (Lipinski definition) is 5. The predicted octanol–water partition coefficient (Wildman–Crippen LogP) is 4.85. The molecule has 1 amide bonds. The van der Waals surface area contributed by atoms with Gasteiger partial charge in [-0.05, 0) is 54.8 Å². The van der Waals surface area contributed by atoms with Gasteiger partial charge in [0.2, 0.25) is 0 Å². The molecule has 0 bridgehead atoms. The number of aromatic hydroxyl groups is 1. The van der Waals surface area contributed by atoms with E-state index in [0.29, 0.717) is 23.3 Å². The van der Waals surface area contributed by atoms with E-state index in [4.69, 9.17) is 4.74 Å². The minimum absolute atomic E-state index is 0.00264. The van der Waals surface area contributed by atoms with Crippen LogP contribution in [0.3, 0.4) is 0 Å². The van der Waals surface area contributed by atoms with Crippen LogP contribution >= 0.6 is 0 Å². The van der Waals surface area contributed by atoms with Crippen molar-refractivity contribution in [2.75, 3.05) is 13.7 Å². The fraction of sp³-hybridized carbons (Fsp3) is 0.172. The monoisotopic (exact) mass is 482 g/mol. The van der Waals surface area contributed by atoms with Gasteiger partial charge in [0.05, 0.1) is 24.3 Å². The second kappa shape index (κ2) is 9.26. The first-order valence-corrected chi connectivity index (χ1v) is 11.7. The Morgan fingerprint density at radius 2 is 1.86 bits per heavy atom. The van der Waals surface area contributed by atoms with Gasteiger partial charge < -0.3 is 24.8 Å². The quantitative estimate of drug-likeness (QED) is 0.207. The first kappa shape index (κ1) is 23.2. The summed E-state index contributed by atoms with van der Waals surface area (Å²) in [6.07, 6.45) is 2.41. The van der Waals surface area contributed by atoms with Gasteiger partial charge in [0.15, 0.2) is 0 Å². The highest BCUT2D eigenvalue weighted by Crippen LogP contribution is 2.42. The second-order valence-corrected chi connectivity index (χ2v) is 8.90. The van der Waals surface area contributed by atoms with Gasteiger partial charge in [0, 0.05) is 23.6 Å². The lowest BCUT2D eigenvalue weighted by molar-refractivity contribution is -0.139. The number of fused-ring (bicyclic) bond motifs is 1. The second-order valence-electron chi connectivity index (χ2n) is 8.90. The molecule has 0 saturated carbocycles. The number of nitrogens with one attached hydrogen (secondary N) is 1. The van der Waals surface area contributed by atoms with Crippen LogP contribution in [0.25, 0.3) is 16.7 Å². The number of amides is 1. The highest BCUT2D eigenvalue weighted by Gasteiger charge is 2.46. The van der Waals surface area contributed by atoms with Gasteiger partial charge in [-0.3, -0.25) is 9.59 Å². The van der Waals surface area contributed by atoms with E-state index >= 15 is 0 Å². The maximum atomic E-state index is 13.3. The molecule has 1 aliphatic rings.